The Morgan fingerprint density at radius 3 is 2.25 bits per heavy atom. The number of hydrogen-bond donors (Lipinski definition) is 0. The smallest absolute Gasteiger partial charge is 0.346 e. The van der Waals surface area contributed by atoms with E-state index in [0.717, 1.165) is 18.4 Å². The van der Waals surface area contributed by atoms with Gasteiger partial charge in [-0.25, -0.2) is 24.0 Å². The zero-order valence-corrected chi connectivity index (χ0v) is 23.7. The summed E-state index contributed by atoms with van der Waals surface area (Å²) in [5, 5.41) is 0. The Morgan fingerprint density at radius 1 is 0.864 bits per heavy atom. The predicted octanol–water partition coefficient (Wildman–Crippen LogP) is 5.63. The van der Waals surface area contributed by atoms with Crippen LogP contribution in [0.5, 0.6) is 5.75 Å². The fourth-order valence-corrected chi connectivity index (χ4v) is 4.98. The van der Waals surface area contributed by atoms with E-state index < -0.39 is 29.8 Å². The first-order chi connectivity index (χ1) is 21.2. The molecule has 0 saturated carbocycles. The number of benzene rings is 3. The molecule has 2 atom stereocenters. The van der Waals surface area contributed by atoms with Crippen molar-refractivity contribution in [2.45, 2.75) is 25.7 Å². The number of allylic oxidation sites excluding steroid dienone is 3. The van der Waals surface area contributed by atoms with Crippen LogP contribution < -0.4 is 4.74 Å². The fraction of sp³-hybridized carbons (Fsp3) is 0.176. The molecule has 0 radical (unpaired) electrons. The fourth-order valence-electron chi connectivity index (χ4n) is 4.98. The van der Waals surface area contributed by atoms with Crippen LogP contribution in [-0.2, 0) is 14.2 Å². The van der Waals surface area contributed by atoms with Crippen LogP contribution in [0.1, 0.15) is 93.4 Å². The Balaban J connectivity index is 1.26. The maximum absolute atomic E-state index is 12.9. The molecule has 1 heterocycles. The topological polar surface area (TPSA) is 139 Å². The molecule has 3 aromatic rings. The number of carbonyl (C=O) groups is 6. The van der Waals surface area contributed by atoms with E-state index in [1.807, 2.05) is 31.2 Å². The number of methoxy groups -OCH3 is 1. The molecule has 0 bridgehead atoms. The highest BCUT2D eigenvalue weighted by molar-refractivity contribution is 6.15. The van der Waals surface area contributed by atoms with E-state index in [1.165, 1.54) is 43.5 Å². The highest BCUT2D eigenvalue weighted by atomic mass is 16.6. The van der Waals surface area contributed by atoms with Crippen LogP contribution in [0.15, 0.2) is 84.7 Å². The number of aldehydes is 1. The normalized spacial score (nSPS) is 17.1. The van der Waals surface area contributed by atoms with Crippen LogP contribution in [0.2, 0.25) is 0 Å². The average Bonchev–Trinajstić information content (AvgIpc) is 3.19. The zero-order valence-electron chi connectivity index (χ0n) is 23.7. The molecule has 0 fully saturated rings. The van der Waals surface area contributed by atoms with Gasteiger partial charge in [-0.05, 0) is 85.0 Å². The van der Waals surface area contributed by atoms with Gasteiger partial charge in [-0.1, -0.05) is 25.1 Å². The first-order valence-corrected chi connectivity index (χ1v) is 13.7. The molecule has 2 unspecified atom stereocenters. The molecule has 0 N–H and O–H groups in total. The molecule has 0 amide bonds. The lowest BCUT2D eigenvalue weighted by Gasteiger charge is -2.17. The van der Waals surface area contributed by atoms with Crippen molar-refractivity contribution in [1.29, 1.82) is 0 Å². The molecule has 222 valence electrons. The first kappa shape index (κ1) is 29.8. The third-order valence-corrected chi connectivity index (χ3v) is 7.40. The zero-order chi connectivity index (χ0) is 31.4. The summed E-state index contributed by atoms with van der Waals surface area (Å²) in [5.41, 5.74) is 1.36. The second kappa shape index (κ2) is 12.7. The van der Waals surface area contributed by atoms with E-state index in [0.29, 0.717) is 17.8 Å². The third-order valence-electron chi connectivity index (χ3n) is 7.40. The quantitative estimate of drug-likeness (QED) is 0.106. The van der Waals surface area contributed by atoms with Gasteiger partial charge in [-0.15, -0.1) is 0 Å². The van der Waals surface area contributed by atoms with Gasteiger partial charge in [-0.2, -0.15) is 0 Å². The van der Waals surface area contributed by atoms with E-state index in [2.05, 4.69) is 9.47 Å². The summed E-state index contributed by atoms with van der Waals surface area (Å²) in [7, 11) is 1.20. The second-order valence-electron chi connectivity index (χ2n) is 10.1. The molecule has 0 spiro atoms. The van der Waals surface area contributed by atoms with Crippen molar-refractivity contribution < 1.29 is 47.7 Å². The molecule has 0 aromatic heterocycles. The van der Waals surface area contributed by atoms with E-state index in [-0.39, 0.29) is 45.2 Å². The van der Waals surface area contributed by atoms with Gasteiger partial charge >= 0.3 is 29.8 Å². The largest absolute Gasteiger partial charge is 0.465 e. The van der Waals surface area contributed by atoms with Crippen LogP contribution in [0.4, 0.5) is 0 Å². The van der Waals surface area contributed by atoms with Gasteiger partial charge in [0, 0.05) is 11.5 Å². The number of esters is 5. The summed E-state index contributed by atoms with van der Waals surface area (Å²) in [6.45, 7) is 2.03. The molecule has 1 aliphatic carbocycles. The van der Waals surface area contributed by atoms with Gasteiger partial charge in [0.05, 0.1) is 34.9 Å². The van der Waals surface area contributed by atoms with Gasteiger partial charge in [0.2, 0.25) is 0 Å². The minimum absolute atomic E-state index is 0.0192. The lowest BCUT2D eigenvalue weighted by molar-refractivity contribution is 0.0441. The SMILES string of the molecule is CCC1C=C(OC(=O)c2ccc(C(=O)OC)c(C=O)c2)C=CC(c2ccc(OC(=O)c3ccc4c(c3)C(=O)OC4=O)cc2)C1. The van der Waals surface area contributed by atoms with Crippen molar-refractivity contribution in [2.75, 3.05) is 7.11 Å². The van der Waals surface area contributed by atoms with E-state index in [9.17, 15) is 28.8 Å². The molecule has 5 rings (SSSR count). The summed E-state index contributed by atoms with van der Waals surface area (Å²) >= 11 is 0. The molecule has 1 aliphatic heterocycles. The van der Waals surface area contributed by atoms with Gasteiger partial charge in [-0.3, -0.25) is 4.79 Å². The number of hydrogen-bond acceptors (Lipinski definition) is 10. The Bertz CT molecular complexity index is 1750. The summed E-state index contributed by atoms with van der Waals surface area (Å²) in [4.78, 5) is 72.4. The Morgan fingerprint density at radius 2 is 1.55 bits per heavy atom. The van der Waals surface area contributed by atoms with Crippen LogP contribution in [0.25, 0.3) is 0 Å². The maximum atomic E-state index is 12.9. The molecule has 2 aliphatic rings. The first-order valence-electron chi connectivity index (χ1n) is 13.7. The molecule has 10 heteroatoms. The lowest BCUT2D eigenvalue weighted by Crippen LogP contribution is -2.10. The molecule has 3 aromatic carbocycles. The van der Waals surface area contributed by atoms with Crippen molar-refractivity contribution in [3.05, 3.63) is 124 Å². The summed E-state index contributed by atoms with van der Waals surface area (Å²) in [6.07, 6.45) is 7.54. The minimum atomic E-state index is -0.806. The Hall–Kier alpha value is -5.64. The molecule has 0 saturated heterocycles. The number of fused-ring (bicyclic) bond motifs is 1. The van der Waals surface area contributed by atoms with Crippen molar-refractivity contribution >= 4 is 36.1 Å². The number of rotatable bonds is 8. The van der Waals surface area contributed by atoms with Gasteiger partial charge < -0.3 is 18.9 Å². The summed E-state index contributed by atoms with van der Waals surface area (Å²) < 4.78 is 20.3. The second-order valence-corrected chi connectivity index (χ2v) is 10.1. The minimum Gasteiger partial charge on any atom is -0.465 e. The standard InChI is InChI=1S/C34H26O10/c1-3-19-14-21(6-11-26(15-19)43-30(36)22-7-12-27(32(38)41-2)24(16-22)18-35)20-4-9-25(10-5-20)42-31(37)23-8-13-28-29(17-23)34(40)44-33(28)39/h4-13,15-19,21H,3,14H2,1-2H3. The molecular weight excluding hydrogens is 568 g/mol. The van der Waals surface area contributed by atoms with Crippen LogP contribution in [0.3, 0.4) is 0 Å². The van der Waals surface area contributed by atoms with Crippen molar-refractivity contribution in [3.8, 4) is 5.75 Å². The van der Waals surface area contributed by atoms with Gasteiger partial charge in [0.15, 0.2) is 6.29 Å². The average molecular weight is 595 g/mol. The van der Waals surface area contributed by atoms with Gasteiger partial charge in [0.25, 0.3) is 0 Å². The van der Waals surface area contributed by atoms with Crippen molar-refractivity contribution in [3.63, 3.8) is 0 Å². The Labute approximate surface area is 251 Å². The van der Waals surface area contributed by atoms with Crippen LogP contribution >= 0.6 is 0 Å². The highest BCUT2D eigenvalue weighted by Crippen LogP contribution is 2.33. The third kappa shape index (κ3) is 6.24. The lowest BCUT2D eigenvalue weighted by atomic mass is 9.88. The van der Waals surface area contributed by atoms with Crippen LogP contribution in [-0.4, -0.2) is 43.2 Å². The number of ether oxygens (including phenoxy) is 4. The Kier molecular flexibility index (Phi) is 8.61. The molecule has 44 heavy (non-hydrogen) atoms. The number of cyclic esters (lactones) is 2. The van der Waals surface area contributed by atoms with E-state index in [4.69, 9.17) is 9.47 Å². The van der Waals surface area contributed by atoms with E-state index >= 15 is 0 Å². The van der Waals surface area contributed by atoms with Crippen molar-refractivity contribution in [2.24, 2.45) is 5.92 Å². The van der Waals surface area contributed by atoms with Crippen molar-refractivity contribution in [1.82, 2.24) is 0 Å². The van der Waals surface area contributed by atoms with Crippen LogP contribution in [0, 0.1) is 5.92 Å². The summed E-state index contributed by atoms with van der Waals surface area (Å²) in [5.74, 6) is -2.90. The van der Waals surface area contributed by atoms with E-state index in [1.54, 1.807) is 18.2 Å². The monoisotopic (exact) mass is 594 g/mol. The highest BCUT2D eigenvalue weighted by Gasteiger charge is 2.30. The molecule has 10 nitrogen and oxygen atoms in total. The number of carbonyl (C=O) groups excluding carboxylic acids is 6. The molecular formula is C34H26O10. The predicted molar refractivity (Wildman–Crippen MR) is 155 cm³/mol. The van der Waals surface area contributed by atoms with Gasteiger partial charge in [0.1, 0.15) is 11.5 Å². The maximum Gasteiger partial charge on any atom is 0.346 e. The summed E-state index contributed by atoms with van der Waals surface area (Å²) in [6, 6.07) is 15.1.